The number of hydrogen-bond donors (Lipinski definition) is 2. The van der Waals surface area contributed by atoms with Crippen molar-refractivity contribution in [2.24, 2.45) is 5.73 Å². The molecule has 1 atom stereocenters. The van der Waals surface area contributed by atoms with E-state index in [1.54, 1.807) is 0 Å². The maximum absolute atomic E-state index is 9.44. The van der Waals surface area contributed by atoms with E-state index in [-0.39, 0.29) is 6.04 Å². The molecule has 0 amide bonds. The standard InChI is InChI=1S/C17H21N5/c1-3-13-14(10-18)17(22-21-16(13)4-2)20-11-15(19)12-8-6-5-7-9-12/h5-9,15H,3-4,11,19H2,1-2H3,(H,20,22). The molecule has 5 nitrogen and oxygen atoms in total. The normalized spacial score (nSPS) is 11.7. The first-order valence-corrected chi connectivity index (χ1v) is 7.54. The Morgan fingerprint density at radius 3 is 2.50 bits per heavy atom. The molecule has 0 radical (unpaired) electrons. The first kappa shape index (κ1) is 15.9. The number of nitrogens with two attached hydrogens (primary N) is 1. The van der Waals surface area contributed by atoms with E-state index in [1.165, 1.54) is 0 Å². The molecule has 114 valence electrons. The SMILES string of the molecule is CCc1nnc(NCC(N)c2ccccc2)c(C#N)c1CC. The van der Waals surface area contributed by atoms with Crippen LogP contribution in [0.1, 0.15) is 42.3 Å². The van der Waals surface area contributed by atoms with Gasteiger partial charge in [-0.3, -0.25) is 0 Å². The largest absolute Gasteiger partial charge is 0.366 e. The van der Waals surface area contributed by atoms with Gasteiger partial charge in [0, 0.05) is 12.6 Å². The third kappa shape index (κ3) is 3.41. The van der Waals surface area contributed by atoms with E-state index in [9.17, 15) is 5.26 Å². The highest BCUT2D eigenvalue weighted by molar-refractivity contribution is 5.56. The molecular formula is C17H21N5. The van der Waals surface area contributed by atoms with Gasteiger partial charge < -0.3 is 11.1 Å². The molecule has 0 saturated heterocycles. The fraction of sp³-hybridized carbons (Fsp3) is 0.353. The monoisotopic (exact) mass is 295 g/mol. The zero-order chi connectivity index (χ0) is 15.9. The number of aryl methyl sites for hydroxylation is 1. The molecule has 1 heterocycles. The van der Waals surface area contributed by atoms with Crippen LogP contribution in [0.4, 0.5) is 5.82 Å². The zero-order valence-electron chi connectivity index (χ0n) is 13.0. The van der Waals surface area contributed by atoms with Crippen LogP contribution < -0.4 is 11.1 Å². The van der Waals surface area contributed by atoms with Crippen LogP contribution in [0.2, 0.25) is 0 Å². The highest BCUT2D eigenvalue weighted by atomic mass is 15.2. The Morgan fingerprint density at radius 1 is 1.18 bits per heavy atom. The van der Waals surface area contributed by atoms with Crippen LogP contribution in [-0.4, -0.2) is 16.7 Å². The topological polar surface area (TPSA) is 87.6 Å². The van der Waals surface area contributed by atoms with Crippen molar-refractivity contribution in [1.82, 2.24) is 10.2 Å². The lowest BCUT2D eigenvalue weighted by atomic mass is 10.0. The summed E-state index contributed by atoms with van der Waals surface area (Å²) in [4.78, 5) is 0. The second kappa shape index (κ2) is 7.53. The molecule has 0 spiro atoms. The lowest BCUT2D eigenvalue weighted by Gasteiger charge is -2.15. The summed E-state index contributed by atoms with van der Waals surface area (Å²) < 4.78 is 0. The summed E-state index contributed by atoms with van der Waals surface area (Å²) >= 11 is 0. The molecule has 0 aliphatic carbocycles. The molecule has 0 saturated carbocycles. The van der Waals surface area contributed by atoms with Crippen LogP contribution in [0.15, 0.2) is 30.3 Å². The third-order valence-electron chi connectivity index (χ3n) is 3.68. The summed E-state index contributed by atoms with van der Waals surface area (Å²) in [5.74, 6) is 0.517. The smallest absolute Gasteiger partial charge is 0.167 e. The first-order chi connectivity index (χ1) is 10.7. The number of benzene rings is 1. The van der Waals surface area contributed by atoms with Gasteiger partial charge in [-0.15, -0.1) is 5.10 Å². The minimum Gasteiger partial charge on any atom is -0.366 e. The summed E-state index contributed by atoms with van der Waals surface area (Å²) in [6, 6.07) is 11.9. The van der Waals surface area contributed by atoms with Crippen molar-refractivity contribution in [3.8, 4) is 6.07 Å². The van der Waals surface area contributed by atoms with E-state index in [0.717, 1.165) is 29.7 Å². The van der Waals surface area contributed by atoms with Crippen LogP contribution in [0.5, 0.6) is 0 Å². The summed E-state index contributed by atoms with van der Waals surface area (Å²) in [7, 11) is 0. The molecule has 2 rings (SSSR count). The van der Waals surface area contributed by atoms with Crippen molar-refractivity contribution < 1.29 is 0 Å². The van der Waals surface area contributed by atoms with Crippen molar-refractivity contribution >= 4 is 5.82 Å². The Labute approximate surface area is 131 Å². The highest BCUT2D eigenvalue weighted by Gasteiger charge is 2.15. The van der Waals surface area contributed by atoms with Crippen molar-refractivity contribution in [2.75, 3.05) is 11.9 Å². The zero-order valence-corrected chi connectivity index (χ0v) is 13.0. The van der Waals surface area contributed by atoms with E-state index in [2.05, 4.69) is 21.6 Å². The van der Waals surface area contributed by atoms with Gasteiger partial charge >= 0.3 is 0 Å². The first-order valence-electron chi connectivity index (χ1n) is 7.54. The van der Waals surface area contributed by atoms with E-state index in [4.69, 9.17) is 5.73 Å². The molecule has 0 bridgehead atoms. The lowest BCUT2D eigenvalue weighted by molar-refractivity contribution is 0.756. The van der Waals surface area contributed by atoms with Crippen molar-refractivity contribution in [3.05, 3.63) is 52.7 Å². The summed E-state index contributed by atoms with van der Waals surface area (Å²) in [6.07, 6.45) is 1.54. The van der Waals surface area contributed by atoms with Crippen LogP contribution in [0.3, 0.4) is 0 Å². The van der Waals surface area contributed by atoms with Gasteiger partial charge in [-0.1, -0.05) is 44.2 Å². The Balaban J connectivity index is 2.18. The average molecular weight is 295 g/mol. The molecule has 5 heteroatoms. The van der Waals surface area contributed by atoms with Gasteiger partial charge in [-0.05, 0) is 24.0 Å². The van der Waals surface area contributed by atoms with E-state index >= 15 is 0 Å². The van der Waals surface area contributed by atoms with Gasteiger partial charge in [-0.25, -0.2) is 0 Å². The Hall–Kier alpha value is -2.45. The predicted octanol–water partition coefficient (Wildman–Crippen LogP) is 2.58. The Morgan fingerprint density at radius 2 is 1.91 bits per heavy atom. The molecule has 0 aliphatic heterocycles. The van der Waals surface area contributed by atoms with Gasteiger partial charge in [0.25, 0.3) is 0 Å². The van der Waals surface area contributed by atoms with E-state index in [0.29, 0.717) is 17.9 Å². The van der Waals surface area contributed by atoms with Crippen LogP contribution in [-0.2, 0) is 12.8 Å². The minimum absolute atomic E-state index is 0.162. The lowest BCUT2D eigenvalue weighted by Crippen LogP contribution is -2.22. The van der Waals surface area contributed by atoms with E-state index in [1.807, 2.05) is 44.2 Å². The van der Waals surface area contributed by atoms with Gasteiger partial charge in [-0.2, -0.15) is 10.4 Å². The number of hydrogen-bond acceptors (Lipinski definition) is 5. The predicted molar refractivity (Wildman–Crippen MR) is 87.4 cm³/mol. The van der Waals surface area contributed by atoms with Gasteiger partial charge in [0.05, 0.1) is 5.69 Å². The number of nitrogens with zero attached hydrogens (tertiary/aromatic N) is 3. The van der Waals surface area contributed by atoms with Crippen LogP contribution in [0, 0.1) is 11.3 Å². The number of nitriles is 1. The second-order valence-corrected chi connectivity index (χ2v) is 5.07. The summed E-state index contributed by atoms with van der Waals surface area (Å²) in [6.45, 7) is 4.54. The van der Waals surface area contributed by atoms with Crippen molar-refractivity contribution in [2.45, 2.75) is 32.7 Å². The third-order valence-corrected chi connectivity index (χ3v) is 3.68. The molecule has 22 heavy (non-hydrogen) atoms. The average Bonchev–Trinajstić information content (AvgIpc) is 2.59. The molecule has 1 aromatic heterocycles. The molecule has 0 aliphatic rings. The molecule has 1 aromatic carbocycles. The van der Waals surface area contributed by atoms with Crippen LogP contribution in [0.25, 0.3) is 0 Å². The van der Waals surface area contributed by atoms with Gasteiger partial charge in [0.15, 0.2) is 5.82 Å². The fourth-order valence-corrected chi connectivity index (χ4v) is 2.44. The van der Waals surface area contributed by atoms with Gasteiger partial charge in [0.2, 0.25) is 0 Å². The summed E-state index contributed by atoms with van der Waals surface area (Å²) in [5.41, 5.74) is 9.64. The fourth-order valence-electron chi connectivity index (χ4n) is 2.44. The Bertz CT molecular complexity index is 661. The number of anilines is 1. The highest BCUT2D eigenvalue weighted by Crippen LogP contribution is 2.20. The Kier molecular flexibility index (Phi) is 5.45. The maximum atomic E-state index is 9.44. The molecule has 2 aromatic rings. The maximum Gasteiger partial charge on any atom is 0.167 e. The van der Waals surface area contributed by atoms with Crippen LogP contribution >= 0.6 is 0 Å². The molecule has 0 fully saturated rings. The van der Waals surface area contributed by atoms with Crippen molar-refractivity contribution in [3.63, 3.8) is 0 Å². The number of rotatable bonds is 6. The van der Waals surface area contributed by atoms with E-state index < -0.39 is 0 Å². The minimum atomic E-state index is -0.162. The summed E-state index contributed by atoms with van der Waals surface area (Å²) in [5, 5.41) is 21.0. The molecule has 3 N–H and O–H groups in total. The van der Waals surface area contributed by atoms with Crippen molar-refractivity contribution in [1.29, 1.82) is 5.26 Å². The number of nitrogens with one attached hydrogen (secondary N) is 1. The molecular weight excluding hydrogens is 274 g/mol. The number of aromatic nitrogens is 2. The molecule has 1 unspecified atom stereocenters. The van der Waals surface area contributed by atoms with Gasteiger partial charge in [0.1, 0.15) is 11.6 Å². The second-order valence-electron chi connectivity index (χ2n) is 5.07. The quantitative estimate of drug-likeness (QED) is 0.855.